The molecule has 11 nitrogen and oxygen atoms in total. The van der Waals surface area contributed by atoms with Crippen LogP contribution in [0.15, 0.2) is 35.1 Å². The van der Waals surface area contributed by atoms with Crippen molar-refractivity contribution in [2.24, 2.45) is 0 Å². The first-order valence-electron chi connectivity index (χ1n) is 9.08. The first-order chi connectivity index (χ1) is 14.4. The summed E-state index contributed by atoms with van der Waals surface area (Å²) in [7, 11) is 0. The minimum atomic E-state index is -1.31. The summed E-state index contributed by atoms with van der Waals surface area (Å²) in [6, 6.07) is 7.23. The lowest BCUT2D eigenvalue weighted by Gasteiger charge is -2.18. The highest BCUT2D eigenvalue weighted by Gasteiger charge is 2.44. The number of benzene rings is 1. The van der Waals surface area contributed by atoms with Gasteiger partial charge in [0.2, 0.25) is 11.8 Å². The maximum Gasteiger partial charge on any atom is 0.247 e. The molecule has 1 saturated heterocycles. The molecule has 0 unspecified atom stereocenters. The number of fused-ring (bicyclic) bond motifs is 1. The van der Waals surface area contributed by atoms with E-state index in [2.05, 4.69) is 30.9 Å². The number of nitrogen functional groups attached to an aromatic ring is 1. The smallest absolute Gasteiger partial charge is 0.247 e. The molecule has 1 aliphatic rings. The number of ether oxygens (including phenoxy) is 2. The molecule has 0 saturated carbocycles. The molecule has 30 heavy (non-hydrogen) atoms. The standard InChI is InChI=1S/C18H20BrN5O6/c19-9-3-1-8(2-4-9)10(5-25)29-16-12-15(22-18(20)23-16)24(7-21-12)17-14(28)13(27)11(6-26)30-17/h1-4,7,10-11,13-14,17,25-28H,5-6H2,(H2,20,22,23)/t10-,11+,13+,14+,17+/m0/s1. The molecule has 3 heterocycles. The van der Waals surface area contributed by atoms with Crippen LogP contribution in [-0.2, 0) is 4.74 Å². The van der Waals surface area contributed by atoms with Crippen LogP contribution in [-0.4, -0.2) is 71.5 Å². The zero-order valence-electron chi connectivity index (χ0n) is 15.5. The number of nitrogens with zero attached hydrogens (tertiary/aromatic N) is 4. The van der Waals surface area contributed by atoms with Gasteiger partial charge in [-0.1, -0.05) is 28.1 Å². The van der Waals surface area contributed by atoms with Crippen LogP contribution < -0.4 is 10.5 Å². The first-order valence-corrected chi connectivity index (χ1v) is 9.87. The first kappa shape index (κ1) is 20.9. The molecule has 0 spiro atoms. The Labute approximate surface area is 178 Å². The number of halogens is 1. The number of aliphatic hydroxyl groups is 4. The summed E-state index contributed by atoms with van der Waals surface area (Å²) in [5.74, 6) is -0.0662. The number of rotatable bonds is 6. The summed E-state index contributed by atoms with van der Waals surface area (Å²) >= 11 is 3.36. The van der Waals surface area contributed by atoms with E-state index in [9.17, 15) is 20.4 Å². The molecule has 0 aliphatic carbocycles. The normalized spacial score (nSPS) is 25.0. The third-order valence-corrected chi connectivity index (χ3v) is 5.39. The van der Waals surface area contributed by atoms with Crippen LogP contribution in [0.25, 0.3) is 11.2 Å². The second-order valence-electron chi connectivity index (χ2n) is 6.78. The van der Waals surface area contributed by atoms with Gasteiger partial charge in [-0.25, -0.2) is 4.98 Å². The summed E-state index contributed by atoms with van der Waals surface area (Å²) in [4.78, 5) is 12.5. The second-order valence-corrected chi connectivity index (χ2v) is 7.70. The van der Waals surface area contributed by atoms with Crippen molar-refractivity contribution < 1.29 is 29.9 Å². The number of imidazole rings is 1. The van der Waals surface area contributed by atoms with Crippen LogP contribution >= 0.6 is 15.9 Å². The molecule has 0 amide bonds. The van der Waals surface area contributed by atoms with Crippen LogP contribution in [0.4, 0.5) is 5.95 Å². The van der Waals surface area contributed by atoms with E-state index in [-0.39, 0.29) is 29.6 Å². The zero-order valence-corrected chi connectivity index (χ0v) is 17.1. The SMILES string of the molecule is Nc1nc(O[C@@H](CO)c2ccc(Br)cc2)c2ncn([C@@H]3O[C@H](CO)[C@@H](O)[C@H]3O)c2n1. The molecule has 0 radical (unpaired) electrons. The third-order valence-electron chi connectivity index (χ3n) is 4.86. The fraction of sp³-hybridized carbons (Fsp3) is 0.389. The zero-order chi connectivity index (χ0) is 21.4. The van der Waals surface area contributed by atoms with Gasteiger partial charge in [0.15, 0.2) is 17.4 Å². The Kier molecular flexibility index (Phi) is 5.86. The monoisotopic (exact) mass is 481 g/mol. The number of aromatic nitrogens is 4. The van der Waals surface area contributed by atoms with E-state index < -0.39 is 37.3 Å². The summed E-state index contributed by atoms with van der Waals surface area (Å²) in [5.41, 5.74) is 7.00. The highest BCUT2D eigenvalue weighted by atomic mass is 79.9. The number of nitrogens with two attached hydrogens (primary N) is 1. The molecular formula is C18H20BrN5O6. The summed E-state index contributed by atoms with van der Waals surface area (Å²) in [6.45, 7) is -0.777. The average molecular weight is 482 g/mol. The molecule has 0 bridgehead atoms. The molecule has 1 aromatic carbocycles. The number of hydrogen-bond donors (Lipinski definition) is 5. The van der Waals surface area contributed by atoms with Crippen molar-refractivity contribution in [3.05, 3.63) is 40.6 Å². The van der Waals surface area contributed by atoms with Gasteiger partial charge in [-0.2, -0.15) is 9.97 Å². The molecule has 2 aromatic heterocycles. The van der Waals surface area contributed by atoms with Crippen molar-refractivity contribution in [3.8, 4) is 5.88 Å². The number of anilines is 1. The van der Waals surface area contributed by atoms with Gasteiger partial charge >= 0.3 is 0 Å². The van der Waals surface area contributed by atoms with E-state index in [1.807, 2.05) is 12.1 Å². The van der Waals surface area contributed by atoms with E-state index in [1.54, 1.807) is 12.1 Å². The van der Waals surface area contributed by atoms with Crippen LogP contribution in [0.1, 0.15) is 17.9 Å². The number of hydrogen-bond acceptors (Lipinski definition) is 10. The van der Waals surface area contributed by atoms with Crippen molar-refractivity contribution in [1.29, 1.82) is 0 Å². The lowest BCUT2D eigenvalue weighted by atomic mass is 10.1. The van der Waals surface area contributed by atoms with Crippen LogP contribution in [0.3, 0.4) is 0 Å². The average Bonchev–Trinajstić information content (AvgIpc) is 3.27. The van der Waals surface area contributed by atoms with Gasteiger partial charge in [0.05, 0.1) is 19.5 Å². The Hall–Kier alpha value is -2.35. The predicted octanol–water partition coefficient (Wildman–Crippen LogP) is -0.105. The molecular weight excluding hydrogens is 462 g/mol. The molecule has 1 aliphatic heterocycles. The Morgan fingerprint density at radius 3 is 2.53 bits per heavy atom. The van der Waals surface area contributed by atoms with Crippen molar-refractivity contribution in [1.82, 2.24) is 19.5 Å². The van der Waals surface area contributed by atoms with Gasteiger partial charge < -0.3 is 35.6 Å². The molecule has 6 N–H and O–H groups in total. The van der Waals surface area contributed by atoms with Crippen molar-refractivity contribution >= 4 is 33.0 Å². The predicted molar refractivity (Wildman–Crippen MR) is 107 cm³/mol. The Balaban J connectivity index is 1.69. The van der Waals surface area contributed by atoms with Gasteiger partial charge in [-0.15, -0.1) is 0 Å². The van der Waals surface area contributed by atoms with Crippen LogP contribution in [0.2, 0.25) is 0 Å². The second kappa shape index (κ2) is 8.41. The maximum absolute atomic E-state index is 10.3. The van der Waals surface area contributed by atoms with Crippen LogP contribution in [0, 0.1) is 0 Å². The van der Waals surface area contributed by atoms with Gasteiger partial charge in [0.25, 0.3) is 0 Å². The van der Waals surface area contributed by atoms with E-state index in [0.717, 1.165) is 4.47 Å². The Morgan fingerprint density at radius 2 is 1.90 bits per heavy atom. The van der Waals surface area contributed by atoms with Gasteiger partial charge in [0, 0.05) is 4.47 Å². The number of aliphatic hydroxyl groups excluding tert-OH is 4. The minimum Gasteiger partial charge on any atom is -0.465 e. The lowest BCUT2D eigenvalue weighted by molar-refractivity contribution is -0.0511. The maximum atomic E-state index is 10.3. The topological polar surface area (TPSA) is 169 Å². The van der Waals surface area contributed by atoms with E-state index in [4.69, 9.17) is 15.2 Å². The fourth-order valence-corrected chi connectivity index (χ4v) is 3.57. The third kappa shape index (κ3) is 3.73. The fourth-order valence-electron chi connectivity index (χ4n) is 3.31. The summed E-state index contributed by atoms with van der Waals surface area (Å²) in [5, 5.41) is 39.4. The van der Waals surface area contributed by atoms with Gasteiger partial charge in [-0.05, 0) is 17.7 Å². The van der Waals surface area contributed by atoms with E-state index in [0.29, 0.717) is 5.56 Å². The van der Waals surface area contributed by atoms with E-state index in [1.165, 1.54) is 10.9 Å². The quantitative estimate of drug-likeness (QED) is 0.320. The molecule has 12 heteroatoms. The van der Waals surface area contributed by atoms with Gasteiger partial charge in [-0.3, -0.25) is 4.57 Å². The molecule has 160 valence electrons. The Bertz CT molecular complexity index is 1030. The van der Waals surface area contributed by atoms with Crippen molar-refractivity contribution in [3.63, 3.8) is 0 Å². The molecule has 1 fully saturated rings. The van der Waals surface area contributed by atoms with Crippen molar-refractivity contribution in [2.75, 3.05) is 18.9 Å². The molecule has 5 atom stereocenters. The molecule has 4 rings (SSSR count). The lowest BCUT2D eigenvalue weighted by Crippen LogP contribution is -2.33. The largest absolute Gasteiger partial charge is 0.465 e. The highest BCUT2D eigenvalue weighted by molar-refractivity contribution is 9.10. The highest BCUT2D eigenvalue weighted by Crippen LogP contribution is 2.34. The molecule has 3 aromatic rings. The van der Waals surface area contributed by atoms with Gasteiger partial charge in [0.1, 0.15) is 24.4 Å². The van der Waals surface area contributed by atoms with E-state index >= 15 is 0 Å². The Morgan fingerprint density at radius 1 is 1.17 bits per heavy atom. The van der Waals surface area contributed by atoms with Crippen molar-refractivity contribution in [2.45, 2.75) is 30.6 Å². The summed E-state index contributed by atoms with van der Waals surface area (Å²) in [6.07, 6.45) is -3.95. The summed E-state index contributed by atoms with van der Waals surface area (Å²) < 4.78 is 13.7. The van der Waals surface area contributed by atoms with Crippen LogP contribution in [0.5, 0.6) is 5.88 Å². The minimum absolute atomic E-state index is 0.0463.